The first-order valence-electron chi connectivity index (χ1n) is 5.44. The highest BCUT2D eigenvalue weighted by Crippen LogP contribution is 2.30. The Morgan fingerprint density at radius 3 is 2.07 bits per heavy atom. The number of aldehydes is 1. The smallest absolute Gasteiger partial charge is 0.219 e. The largest absolute Gasteiger partial charge is 0.342 e. The van der Waals surface area contributed by atoms with E-state index in [-0.39, 0.29) is 23.3 Å². The average molecular weight is 213 g/mol. The highest BCUT2D eigenvalue weighted by molar-refractivity contribution is 5.74. The van der Waals surface area contributed by atoms with Gasteiger partial charge in [0, 0.05) is 25.9 Å². The van der Waals surface area contributed by atoms with E-state index in [4.69, 9.17) is 0 Å². The standard InChI is InChI=1S/C12H23NO2/c1-7-10(8-14)11(12(3,4)5)13(6)9(2)15/h8,10-11H,7H2,1-6H3/t10-,11+/m1/s1. The molecule has 0 unspecified atom stereocenters. The van der Waals surface area contributed by atoms with Gasteiger partial charge in [-0.15, -0.1) is 0 Å². The third kappa shape index (κ3) is 3.65. The average Bonchev–Trinajstić information content (AvgIpc) is 2.10. The molecule has 0 aliphatic rings. The molecule has 0 saturated heterocycles. The Morgan fingerprint density at radius 1 is 1.40 bits per heavy atom. The van der Waals surface area contributed by atoms with Crippen molar-refractivity contribution in [2.75, 3.05) is 7.05 Å². The van der Waals surface area contributed by atoms with E-state index in [1.54, 1.807) is 11.9 Å². The summed E-state index contributed by atoms with van der Waals surface area (Å²) in [7, 11) is 1.77. The molecule has 0 rings (SSSR count). The monoisotopic (exact) mass is 213 g/mol. The predicted molar refractivity (Wildman–Crippen MR) is 61.5 cm³/mol. The SMILES string of the molecule is CC[C@H](C=O)[C@H](N(C)C(C)=O)C(C)(C)C. The van der Waals surface area contributed by atoms with Crippen molar-refractivity contribution in [2.45, 2.75) is 47.1 Å². The Hall–Kier alpha value is -0.860. The zero-order valence-electron chi connectivity index (χ0n) is 10.7. The van der Waals surface area contributed by atoms with Crippen molar-refractivity contribution in [2.24, 2.45) is 11.3 Å². The molecule has 0 saturated carbocycles. The van der Waals surface area contributed by atoms with Gasteiger partial charge >= 0.3 is 0 Å². The van der Waals surface area contributed by atoms with Crippen LogP contribution in [-0.4, -0.2) is 30.2 Å². The zero-order valence-corrected chi connectivity index (χ0v) is 10.7. The minimum atomic E-state index is -0.0844. The van der Waals surface area contributed by atoms with Gasteiger partial charge < -0.3 is 9.69 Å². The molecule has 2 atom stereocenters. The fourth-order valence-electron chi connectivity index (χ4n) is 2.10. The third-order valence-electron chi connectivity index (χ3n) is 2.85. The van der Waals surface area contributed by atoms with Crippen LogP contribution in [0.15, 0.2) is 0 Å². The van der Waals surface area contributed by atoms with Crippen LogP contribution in [0.2, 0.25) is 0 Å². The van der Waals surface area contributed by atoms with Gasteiger partial charge in [0.1, 0.15) is 6.29 Å². The van der Waals surface area contributed by atoms with Crippen LogP contribution < -0.4 is 0 Å². The van der Waals surface area contributed by atoms with Crippen molar-refractivity contribution in [3.05, 3.63) is 0 Å². The molecule has 0 spiro atoms. The Bertz CT molecular complexity index is 228. The summed E-state index contributed by atoms with van der Waals surface area (Å²) in [6.07, 6.45) is 1.73. The number of hydrogen-bond acceptors (Lipinski definition) is 2. The van der Waals surface area contributed by atoms with Crippen LogP contribution >= 0.6 is 0 Å². The highest BCUT2D eigenvalue weighted by Gasteiger charge is 2.35. The van der Waals surface area contributed by atoms with Crippen LogP contribution in [0.4, 0.5) is 0 Å². The lowest BCUT2D eigenvalue weighted by molar-refractivity contribution is -0.134. The summed E-state index contributed by atoms with van der Waals surface area (Å²) in [6.45, 7) is 9.69. The topological polar surface area (TPSA) is 37.4 Å². The Labute approximate surface area is 92.8 Å². The molecule has 0 aromatic carbocycles. The molecule has 1 amide bonds. The number of carbonyl (C=O) groups is 2. The first-order valence-corrected chi connectivity index (χ1v) is 5.44. The maximum Gasteiger partial charge on any atom is 0.219 e. The van der Waals surface area contributed by atoms with Crippen LogP contribution in [0.25, 0.3) is 0 Å². The number of rotatable bonds is 4. The Kier molecular flexibility index (Phi) is 4.98. The van der Waals surface area contributed by atoms with E-state index < -0.39 is 0 Å². The first-order chi connectivity index (χ1) is 6.75. The molecule has 0 N–H and O–H groups in total. The highest BCUT2D eigenvalue weighted by atomic mass is 16.2. The first kappa shape index (κ1) is 14.1. The second kappa shape index (κ2) is 5.29. The Balaban J connectivity index is 5.04. The van der Waals surface area contributed by atoms with E-state index in [9.17, 15) is 9.59 Å². The zero-order chi connectivity index (χ0) is 12.2. The van der Waals surface area contributed by atoms with Gasteiger partial charge in [-0.05, 0) is 11.8 Å². The summed E-state index contributed by atoms with van der Waals surface area (Å²) in [5, 5.41) is 0. The molecule has 0 aromatic heterocycles. The minimum Gasteiger partial charge on any atom is -0.342 e. The molecule has 0 aromatic rings. The van der Waals surface area contributed by atoms with Crippen molar-refractivity contribution in [1.82, 2.24) is 4.90 Å². The van der Waals surface area contributed by atoms with E-state index in [0.29, 0.717) is 0 Å². The fourth-order valence-corrected chi connectivity index (χ4v) is 2.10. The van der Waals surface area contributed by atoms with Crippen LogP contribution in [0.3, 0.4) is 0 Å². The van der Waals surface area contributed by atoms with Gasteiger partial charge in [-0.1, -0.05) is 27.7 Å². The maximum atomic E-state index is 11.4. The van der Waals surface area contributed by atoms with Gasteiger partial charge in [0.15, 0.2) is 0 Å². The fraction of sp³-hybridized carbons (Fsp3) is 0.833. The summed E-state index contributed by atoms with van der Waals surface area (Å²) in [5.41, 5.74) is -0.0813. The van der Waals surface area contributed by atoms with Gasteiger partial charge in [0.2, 0.25) is 5.91 Å². The summed E-state index contributed by atoms with van der Waals surface area (Å²) in [4.78, 5) is 24.1. The van der Waals surface area contributed by atoms with Gasteiger partial charge in [0.05, 0.1) is 0 Å². The van der Waals surface area contributed by atoms with Gasteiger partial charge in [-0.2, -0.15) is 0 Å². The van der Waals surface area contributed by atoms with Crippen LogP contribution in [0.5, 0.6) is 0 Å². The van der Waals surface area contributed by atoms with E-state index in [1.165, 1.54) is 6.92 Å². The van der Waals surface area contributed by atoms with E-state index in [0.717, 1.165) is 12.7 Å². The molecular formula is C12H23NO2. The number of nitrogens with zero attached hydrogens (tertiary/aromatic N) is 1. The van der Waals surface area contributed by atoms with Crippen LogP contribution in [-0.2, 0) is 9.59 Å². The molecule has 3 nitrogen and oxygen atoms in total. The lowest BCUT2D eigenvalue weighted by Crippen LogP contribution is -2.49. The van der Waals surface area contributed by atoms with Crippen molar-refractivity contribution in [1.29, 1.82) is 0 Å². The molecule has 0 heterocycles. The summed E-state index contributed by atoms with van der Waals surface area (Å²) in [6, 6.07) is -0.0301. The number of hydrogen-bond donors (Lipinski definition) is 0. The second-order valence-electron chi connectivity index (χ2n) is 5.15. The summed E-state index contributed by atoms with van der Waals surface area (Å²) >= 11 is 0. The van der Waals surface area contributed by atoms with Crippen LogP contribution in [0.1, 0.15) is 41.0 Å². The van der Waals surface area contributed by atoms with Gasteiger partial charge in [-0.25, -0.2) is 0 Å². The van der Waals surface area contributed by atoms with Crippen molar-refractivity contribution in [3.8, 4) is 0 Å². The summed E-state index contributed by atoms with van der Waals surface area (Å²) in [5.74, 6) is -0.0749. The molecule has 15 heavy (non-hydrogen) atoms. The summed E-state index contributed by atoms with van der Waals surface area (Å²) < 4.78 is 0. The third-order valence-corrected chi connectivity index (χ3v) is 2.85. The molecule has 88 valence electrons. The predicted octanol–water partition coefficient (Wildman–Crippen LogP) is 2.10. The molecule has 0 radical (unpaired) electrons. The van der Waals surface area contributed by atoms with E-state index in [1.807, 2.05) is 6.92 Å². The number of amides is 1. The molecule has 0 aliphatic carbocycles. The molecule has 0 aliphatic heterocycles. The second-order valence-corrected chi connectivity index (χ2v) is 5.15. The van der Waals surface area contributed by atoms with Crippen molar-refractivity contribution in [3.63, 3.8) is 0 Å². The molecule has 0 bridgehead atoms. The molecular weight excluding hydrogens is 190 g/mol. The minimum absolute atomic E-state index is 0.00947. The maximum absolute atomic E-state index is 11.4. The van der Waals surface area contributed by atoms with E-state index >= 15 is 0 Å². The van der Waals surface area contributed by atoms with E-state index in [2.05, 4.69) is 20.8 Å². The quantitative estimate of drug-likeness (QED) is 0.671. The lowest BCUT2D eigenvalue weighted by atomic mass is 9.77. The van der Waals surface area contributed by atoms with Crippen molar-refractivity contribution < 1.29 is 9.59 Å². The number of carbonyl (C=O) groups excluding carboxylic acids is 2. The molecule has 3 heteroatoms. The Morgan fingerprint density at radius 2 is 1.87 bits per heavy atom. The van der Waals surface area contributed by atoms with Crippen molar-refractivity contribution >= 4 is 12.2 Å². The molecule has 0 fully saturated rings. The normalized spacial score (nSPS) is 15.6. The van der Waals surface area contributed by atoms with Gasteiger partial charge in [0.25, 0.3) is 0 Å². The lowest BCUT2D eigenvalue weighted by Gasteiger charge is -2.40. The van der Waals surface area contributed by atoms with Gasteiger partial charge in [-0.3, -0.25) is 4.79 Å². The van der Waals surface area contributed by atoms with Crippen LogP contribution in [0, 0.1) is 11.3 Å².